The number of aromatic nitrogens is 2. The minimum Gasteiger partial charge on any atom is -0.396 e. The van der Waals surface area contributed by atoms with Crippen molar-refractivity contribution in [1.82, 2.24) is 15.1 Å². The molecule has 0 fully saturated rings. The zero-order valence-electron chi connectivity index (χ0n) is 9.69. The van der Waals surface area contributed by atoms with Gasteiger partial charge in [-0.25, -0.2) is 0 Å². The van der Waals surface area contributed by atoms with E-state index in [9.17, 15) is 4.79 Å². The van der Waals surface area contributed by atoms with Crippen LogP contribution in [-0.4, -0.2) is 35.4 Å². The molecule has 1 heterocycles. The summed E-state index contributed by atoms with van der Waals surface area (Å²) in [6.07, 6.45) is 2.26. The topological polar surface area (TPSA) is 82.2 Å². The van der Waals surface area contributed by atoms with E-state index in [0.717, 1.165) is 6.42 Å². The average molecular weight is 226 g/mol. The van der Waals surface area contributed by atoms with Crippen LogP contribution in [0.2, 0.25) is 0 Å². The van der Waals surface area contributed by atoms with Gasteiger partial charge < -0.3 is 15.8 Å². The van der Waals surface area contributed by atoms with Gasteiger partial charge in [0.25, 0.3) is 5.91 Å². The molecule has 0 aliphatic rings. The molecule has 0 aliphatic heterocycles. The molecule has 16 heavy (non-hydrogen) atoms. The van der Waals surface area contributed by atoms with Crippen LogP contribution in [0.1, 0.15) is 23.8 Å². The average Bonchev–Trinajstić information content (AvgIpc) is 2.58. The molecular formula is C10H18N4O2. The molecule has 6 nitrogen and oxygen atoms in total. The zero-order chi connectivity index (χ0) is 12.0. The Bertz CT molecular complexity index is 329. The number of aryl methyl sites for hydroxylation is 1. The van der Waals surface area contributed by atoms with Gasteiger partial charge in [-0.3, -0.25) is 9.48 Å². The van der Waals surface area contributed by atoms with Crippen molar-refractivity contribution in [2.75, 3.05) is 25.5 Å². The monoisotopic (exact) mass is 226 g/mol. The lowest BCUT2D eigenvalue weighted by Gasteiger charge is -2.06. The van der Waals surface area contributed by atoms with Crippen molar-refractivity contribution in [2.24, 2.45) is 7.05 Å². The van der Waals surface area contributed by atoms with Crippen LogP contribution in [0.15, 0.2) is 6.20 Å². The van der Waals surface area contributed by atoms with Crippen LogP contribution in [0, 0.1) is 0 Å². The number of nitrogens with one attached hydrogen (secondary N) is 1. The first-order valence-electron chi connectivity index (χ1n) is 5.30. The van der Waals surface area contributed by atoms with Gasteiger partial charge in [0, 0.05) is 26.8 Å². The van der Waals surface area contributed by atoms with E-state index in [4.69, 9.17) is 10.5 Å². The van der Waals surface area contributed by atoms with E-state index < -0.39 is 0 Å². The molecule has 0 aliphatic carbocycles. The molecule has 0 bridgehead atoms. The van der Waals surface area contributed by atoms with Crippen LogP contribution in [0.25, 0.3) is 0 Å². The lowest BCUT2D eigenvalue weighted by atomic mass is 10.3. The summed E-state index contributed by atoms with van der Waals surface area (Å²) in [7, 11) is 1.69. The maximum Gasteiger partial charge on any atom is 0.271 e. The maximum absolute atomic E-state index is 11.7. The molecule has 1 amide bonds. The van der Waals surface area contributed by atoms with E-state index in [2.05, 4.69) is 10.4 Å². The fourth-order valence-corrected chi connectivity index (χ4v) is 1.34. The number of anilines is 1. The molecule has 1 aromatic heterocycles. The second-order valence-electron chi connectivity index (χ2n) is 3.38. The van der Waals surface area contributed by atoms with E-state index in [1.54, 1.807) is 7.05 Å². The highest BCUT2D eigenvalue weighted by molar-refractivity contribution is 5.97. The Morgan fingerprint density at radius 3 is 3.00 bits per heavy atom. The van der Waals surface area contributed by atoms with Crippen molar-refractivity contribution in [1.29, 1.82) is 0 Å². The molecule has 1 aromatic rings. The van der Waals surface area contributed by atoms with Crippen molar-refractivity contribution in [3.63, 3.8) is 0 Å². The number of nitrogens with zero attached hydrogens (tertiary/aromatic N) is 2. The number of hydrogen-bond acceptors (Lipinski definition) is 4. The molecular weight excluding hydrogens is 208 g/mol. The fraction of sp³-hybridized carbons (Fsp3) is 0.600. The van der Waals surface area contributed by atoms with Crippen LogP contribution in [0.5, 0.6) is 0 Å². The number of hydrogen-bond donors (Lipinski definition) is 2. The van der Waals surface area contributed by atoms with E-state index in [-0.39, 0.29) is 5.91 Å². The van der Waals surface area contributed by atoms with E-state index in [1.165, 1.54) is 10.9 Å². The van der Waals surface area contributed by atoms with Gasteiger partial charge in [0.05, 0.1) is 11.9 Å². The molecule has 0 radical (unpaired) electrons. The maximum atomic E-state index is 11.7. The van der Waals surface area contributed by atoms with Crippen LogP contribution in [-0.2, 0) is 11.8 Å². The SMILES string of the molecule is CCOCCCNC(=O)c1c(N)cnn1C. The van der Waals surface area contributed by atoms with Crippen molar-refractivity contribution >= 4 is 11.6 Å². The van der Waals surface area contributed by atoms with Crippen molar-refractivity contribution in [2.45, 2.75) is 13.3 Å². The van der Waals surface area contributed by atoms with Gasteiger partial charge >= 0.3 is 0 Å². The summed E-state index contributed by atoms with van der Waals surface area (Å²) in [5.41, 5.74) is 6.42. The predicted octanol–water partition coefficient (Wildman–Crippen LogP) is 0.159. The number of nitrogen functional groups attached to an aromatic ring is 1. The predicted molar refractivity (Wildman–Crippen MR) is 61.1 cm³/mol. The van der Waals surface area contributed by atoms with Crippen LogP contribution >= 0.6 is 0 Å². The lowest BCUT2D eigenvalue weighted by molar-refractivity contribution is 0.0936. The van der Waals surface area contributed by atoms with E-state index >= 15 is 0 Å². The van der Waals surface area contributed by atoms with Crippen molar-refractivity contribution < 1.29 is 9.53 Å². The highest BCUT2D eigenvalue weighted by Crippen LogP contribution is 2.08. The molecule has 1 rings (SSSR count). The number of nitrogens with two attached hydrogens (primary N) is 1. The lowest BCUT2D eigenvalue weighted by Crippen LogP contribution is -2.28. The quantitative estimate of drug-likeness (QED) is 0.677. The normalized spacial score (nSPS) is 10.4. The molecule has 0 aromatic carbocycles. The van der Waals surface area contributed by atoms with E-state index in [1.807, 2.05) is 6.92 Å². The third-order valence-corrected chi connectivity index (χ3v) is 2.14. The summed E-state index contributed by atoms with van der Waals surface area (Å²) in [5, 5.41) is 6.67. The van der Waals surface area contributed by atoms with Gasteiger partial charge in [-0.05, 0) is 13.3 Å². The van der Waals surface area contributed by atoms with Crippen LogP contribution < -0.4 is 11.1 Å². The fourth-order valence-electron chi connectivity index (χ4n) is 1.34. The molecule has 90 valence electrons. The van der Waals surface area contributed by atoms with Gasteiger partial charge in [0.1, 0.15) is 5.69 Å². The minimum absolute atomic E-state index is 0.200. The summed E-state index contributed by atoms with van der Waals surface area (Å²) < 4.78 is 6.63. The molecule has 0 unspecified atom stereocenters. The summed E-state index contributed by atoms with van der Waals surface area (Å²) in [4.78, 5) is 11.7. The number of amides is 1. The number of rotatable bonds is 6. The van der Waals surface area contributed by atoms with Crippen molar-refractivity contribution in [3.05, 3.63) is 11.9 Å². The standard InChI is InChI=1S/C10H18N4O2/c1-3-16-6-4-5-12-10(15)9-8(11)7-13-14(9)2/h7H,3-6,11H2,1-2H3,(H,12,15). The third kappa shape index (κ3) is 3.23. The molecule has 0 saturated carbocycles. The van der Waals surface area contributed by atoms with Gasteiger partial charge in [0.15, 0.2) is 0 Å². The molecule has 0 atom stereocenters. The second-order valence-corrected chi connectivity index (χ2v) is 3.38. The van der Waals surface area contributed by atoms with Crippen molar-refractivity contribution in [3.8, 4) is 0 Å². The number of carbonyl (C=O) groups is 1. The number of ether oxygens (including phenoxy) is 1. The van der Waals surface area contributed by atoms with Gasteiger partial charge in [-0.1, -0.05) is 0 Å². The Morgan fingerprint density at radius 1 is 1.69 bits per heavy atom. The van der Waals surface area contributed by atoms with Gasteiger partial charge in [-0.15, -0.1) is 0 Å². The Labute approximate surface area is 94.8 Å². The summed E-state index contributed by atoms with van der Waals surface area (Å²) in [6, 6.07) is 0. The minimum atomic E-state index is -0.200. The molecule has 3 N–H and O–H groups in total. The van der Waals surface area contributed by atoms with E-state index in [0.29, 0.717) is 31.1 Å². The van der Waals surface area contributed by atoms with Gasteiger partial charge in [-0.2, -0.15) is 5.10 Å². The Morgan fingerprint density at radius 2 is 2.44 bits per heavy atom. The Kier molecular flexibility index (Phi) is 4.78. The number of carbonyl (C=O) groups excluding carboxylic acids is 1. The first-order chi connectivity index (χ1) is 7.66. The first-order valence-corrected chi connectivity index (χ1v) is 5.30. The van der Waals surface area contributed by atoms with Gasteiger partial charge in [0.2, 0.25) is 0 Å². The van der Waals surface area contributed by atoms with Crippen LogP contribution in [0.4, 0.5) is 5.69 Å². The summed E-state index contributed by atoms with van der Waals surface area (Å²) >= 11 is 0. The Hall–Kier alpha value is -1.56. The molecule has 0 saturated heterocycles. The molecule has 6 heteroatoms. The summed E-state index contributed by atoms with van der Waals surface area (Å²) in [5.74, 6) is -0.200. The largest absolute Gasteiger partial charge is 0.396 e. The highest BCUT2D eigenvalue weighted by Gasteiger charge is 2.13. The summed E-state index contributed by atoms with van der Waals surface area (Å²) in [6.45, 7) is 3.86. The highest BCUT2D eigenvalue weighted by atomic mass is 16.5. The molecule has 0 spiro atoms. The zero-order valence-corrected chi connectivity index (χ0v) is 9.69. The third-order valence-electron chi connectivity index (χ3n) is 2.14. The second kappa shape index (κ2) is 6.12. The first kappa shape index (κ1) is 12.5. The Balaban J connectivity index is 2.36. The smallest absolute Gasteiger partial charge is 0.271 e. The van der Waals surface area contributed by atoms with Crippen LogP contribution in [0.3, 0.4) is 0 Å².